The van der Waals surface area contributed by atoms with Gasteiger partial charge in [-0.15, -0.1) is 0 Å². The Hall–Kier alpha value is -0.0800. The Morgan fingerprint density at radius 1 is 0.765 bits per heavy atom. The van der Waals surface area contributed by atoms with Gasteiger partial charge in [-0.25, -0.2) is 0 Å². The molecule has 0 amide bonds. The third-order valence-electron chi connectivity index (χ3n) is 3.66. The Labute approximate surface area is 109 Å². The van der Waals surface area contributed by atoms with Crippen LogP contribution >= 0.6 is 7.26 Å². The second-order valence-electron chi connectivity index (χ2n) is 5.20. The van der Waals surface area contributed by atoms with E-state index in [4.69, 9.17) is 5.26 Å². The highest BCUT2D eigenvalue weighted by atomic mass is 31.2. The van der Waals surface area contributed by atoms with Gasteiger partial charge in [-0.1, -0.05) is 40.0 Å². The minimum Gasteiger partial charge on any atom is -0.198 e. The van der Waals surface area contributed by atoms with E-state index < -0.39 is 7.26 Å². The van der Waals surface area contributed by atoms with E-state index in [0.717, 1.165) is 6.42 Å². The van der Waals surface area contributed by atoms with Crippen molar-refractivity contribution in [2.45, 2.75) is 65.7 Å². The van der Waals surface area contributed by atoms with Crippen LogP contribution in [-0.2, 0) is 0 Å². The number of hydrogen-bond donors (Lipinski definition) is 0. The molecule has 100 valence electrons. The summed E-state index contributed by atoms with van der Waals surface area (Å²) in [5.74, 6) is 0. The molecule has 0 spiro atoms. The summed E-state index contributed by atoms with van der Waals surface area (Å²) in [7, 11) is -0.785. The van der Waals surface area contributed by atoms with Gasteiger partial charge in [-0.2, -0.15) is 5.26 Å². The number of hydrogen-bond acceptors (Lipinski definition) is 1. The van der Waals surface area contributed by atoms with Crippen molar-refractivity contribution >= 4 is 7.26 Å². The molecule has 0 unspecified atom stereocenters. The zero-order valence-corrected chi connectivity index (χ0v) is 13.1. The van der Waals surface area contributed by atoms with Crippen LogP contribution in [-0.4, -0.2) is 24.6 Å². The standard InChI is InChI=1S/C15H31NP/c1-4-7-12-17(13-8-5-2,14-9-6-3)15-10-11-16/h4-10,12-15H2,1-3H3/q+1. The summed E-state index contributed by atoms with van der Waals surface area (Å²) < 4.78 is 0. The van der Waals surface area contributed by atoms with Gasteiger partial charge in [0.25, 0.3) is 0 Å². The predicted octanol–water partition coefficient (Wildman–Crippen LogP) is 5.32. The van der Waals surface area contributed by atoms with Crippen LogP contribution in [0.3, 0.4) is 0 Å². The van der Waals surface area contributed by atoms with Crippen LogP contribution in [0.5, 0.6) is 0 Å². The molecule has 0 atom stereocenters. The van der Waals surface area contributed by atoms with Crippen molar-refractivity contribution in [3.05, 3.63) is 0 Å². The largest absolute Gasteiger partial charge is 0.198 e. The molecule has 0 aliphatic rings. The fourth-order valence-corrected chi connectivity index (χ4v) is 7.32. The van der Waals surface area contributed by atoms with E-state index in [1.807, 2.05) is 0 Å². The van der Waals surface area contributed by atoms with Crippen LogP contribution < -0.4 is 0 Å². The second-order valence-corrected chi connectivity index (χ2v) is 9.68. The van der Waals surface area contributed by atoms with Crippen molar-refractivity contribution in [1.82, 2.24) is 0 Å². The summed E-state index contributed by atoms with van der Waals surface area (Å²) in [5.41, 5.74) is 0. The first-order valence-electron chi connectivity index (χ1n) is 7.46. The van der Waals surface area contributed by atoms with Crippen molar-refractivity contribution in [3.63, 3.8) is 0 Å². The molecule has 0 aromatic rings. The van der Waals surface area contributed by atoms with E-state index in [0.29, 0.717) is 0 Å². The summed E-state index contributed by atoms with van der Waals surface area (Å²) in [5, 5.41) is 8.87. The first-order valence-corrected chi connectivity index (χ1v) is 9.99. The molecule has 0 radical (unpaired) electrons. The molecule has 0 saturated heterocycles. The predicted molar refractivity (Wildman–Crippen MR) is 81.3 cm³/mol. The fraction of sp³-hybridized carbons (Fsp3) is 0.933. The molecule has 0 saturated carbocycles. The van der Waals surface area contributed by atoms with Gasteiger partial charge in [0.2, 0.25) is 0 Å². The van der Waals surface area contributed by atoms with Gasteiger partial charge in [0.15, 0.2) is 0 Å². The first-order chi connectivity index (χ1) is 8.24. The molecule has 0 rings (SSSR count). The third-order valence-corrected chi connectivity index (χ3v) is 8.62. The molecule has 0 aromatic heterocycles. The molecular weight excluding hydrogens is 225 g/mol. The molecule has 1 nitrogen and oxygen atoms in total. The molecular formula is C15H31NP+. The minimum absolute atomic E-state index is 0.785. The maximum Gasteiger partial charge on any atom is 0.0724 e. The van der Waals surface area contributed by atoms with Crippen LogP contribution in [0.25, 0.3) is 0 Å². The Morgan fingerprint density at radius 3 is 1.47 bits per heavy atom. The van der Waals surface area contributed by atoms with Crippen LogP contribution in [0.1, 0.15) is 65.7 Å². The van der Waals surface area contributed by atoms with Gasteiger partial charge in [-0.05, 0) is 19.3 Å². The van der Waals surface area contributed by atoms with Crippen molar-refractivity contribution < 1.29 is 0 Å². The highest BCUT2D eigenvalue weighted by Crippen LogP contribution is 2.61. The van der Waals surface area contributed by atoms with E-state index in [1.165, 1.54) is 63.2 Å². The van der Waals surface area contributed by atoms with Gasteiger partial charge in [0.1, 0.15) is 0 Å². The number of rotatable bonds is 11. The maximum atomic E-state index is 8.87. The Kier molecular flexibility index (Phi) is 11.0. The maximum absolute atomic E-state index is 8.87. The molecule has 0 aliphatic heterocycles. The quantitative estimate of drug-likeness (QED) is 0.459. The Bertz CT molecular complexity index is 186. The van der Waals surface area contributed by atoms with Gasteiger partial charge in [0.05, 0.1) is 37.1 Å². The number of nitriles is 1. The first kappa shape index (κ1) is 16.9. The van der Waals surface area contributed by atoms with Crippen LogP contribution in [0.4, 0.5) is 0 Å². The van der Waals surface area contributed by atoms with Crippen LogP contribution in [0, 0.1) is 11.3 Å². The van der Waals surface area contributed by atoms with Crippen LogP contribution in [0.15, 0.2) is 0 Å². The molecule has 0 bridgehead atoms. The smallest absolute Gasteiger partial charge is 0.0724 e. The topological polar surface area (TPSA) is 23.8 Å². The van der Waals surface area contributed by atoms with Crippen molar-refractivity contribution in [1.29, 1.82) is 5.26 Å². The average Bonchev–Trinajstić information content (AvgIpc) is 2.37. The molecule has 0 fully saturated rings. The highest BCUT2D eigenvalue weighted by Gasteiger charge is 2.34. The average molecular weight is 256 g/mol. The lowest BCUT2D eigenvalue weighted by Crippen LogP contribution is -2.12. The lowest BCUT2D eigenvalue weighted by atomic mass is 10.4. The van der Waals surface area contributed by atoms with Crippen LogP contribution in [0.2, 0.25) is 0 Å². The van der Waals surface area contributed by atoms with Crippen molar-refractivity contribution in [2.75, 3.05) is 24.6 Å². The molecule has 17 heavy (non-hydrogen) atoms. The van der Waals surface area contributed by atoms with E-state index in [-0.39, 0.29) is 0 Å². The summed E-state index contributed by atoms with van der Waals surface area (Å²) in [6.45, 7) is 6.87. The molecule has 0 N–H and O–H groups in total. The molecule has 0 heterocycles. The number of unbranched alkanes of at least 4 members (excludes halogenated alkanes) is 3. The monoisotopic (exact) mass is 256 g/mol. The third kappa shape index (κ3) is 7.77. The van der Waals surface area contributed by atoms with Gasteiger partial charge in [0, 0.05) is 7.26 Å². The molecule has 0 aliphatic carbocycles. The van der Waals surface area contributed by atoms with E-state index in [2.05, 4.69) is 26.8 Å². The second kappa shape index (κ2) is 11.0. The lowest BCUT2D eigenvalue weighted by Gasteiger charge is -2.27. The molecule has 2 heteroatoms. The zero-order chi connectivity index (χ0) is 13.0. The summed E-state index contributed by atoms with van der Waals surface area (Å²) >= 11 is 0. The number of nitrogens with zero attached hydrogens (tertiary/aromatic N) is 1. The summed E-state index contributed by atoms with van der Waals surface area (Å²) in [4.78, 5) is 0. The minimum atomic E-state index is -0.785. The SMILES string of the molecule is CCCC[P+](CCC#N)(CCCC)CCCC. The van der Waals surface area contributed by atoms with E-state index in [9.17, 15) is 0 Å². The van der Waals surface area contributed by atoms with Crippen molar-refractivity contribution in [2.24, 2.45) is 0 Å². The fourth-order valence-electron chi connectivity index (χ4n) is 2.44. The van der Waals surface area contributed by atoms with Gasteiger partial charge in [-0.3, -0.25) is 0 Å². The Balaban J connectivity index is 4.46. The molecule has 0 aromatic carbocycles. The zero-order valence-electron chi connectivity index (χ0n) is 12.2. The normalized spacial score (nSPS) is 11.4. The van der Waals surface area contributed by atoms with Gasteiger partial charge < -0.3 is 0 Å². The van der Waals surface area contributed by atoms with Crippen molar-refractivity contribution in [3.8, 4) is 6.07 Å². The summed E-state index contributed by atoms with van der Waals surface area (Å²) in [6.07, 6.45) is 14.5. The van der Waals surface area contributed by atoms with E-state index in [1.54, 1.807) is 0 Å². The Morgan fingerprint density at radius 2 is 1.18 bits per heavy atom. The van der Waals surface area contributed by atoms with Gasteiger partial charge >= 0.3 is 0 Å². The van der Waals surface area contributed by atoms with E-state index >= 15 is 0 Å². The lowest BCUT2D eigenvalue weighted by molar-refractivity contribution is 0.831. The highest BCUT2D eigenvalue weighted by molar-refractivity contribution is 7.75. The summed E-state index contributed by atoms with van der Waals surface area (Å²) in [6, 6.07) is 2.38.